The minimum atomic E-state index is -0.209. The first-order valence-electron chi connectivity index (χ1n) is 8.56. The predicted octanol–water partition coefficient (Wildman–Crippen LogP) is 4.26. The zero-order chi connectivity index (χ0) is 17.1. The molecule has 1 fully saturated rings. The van der Waals surface area contributed by atoms with Crippen LogP contribution in [0.25, 0.3) is 0 Å². The fourth-order valence-corrected chi connectivity index (χ4v) is 4.10. The van der Waals surface area contributed by atoms with Crippen LogP contribution in [0, 0.1) is 5.82 Å². The molecule has 2 atom stereocenters. The number of aliphatic hydroxyl groups is 1. The number of nitrogens with one attached hydrogen (secondary N) is 1. The first kappa shape index (κ1) is 17.4. The van der Waals surface area contributed by atoms with E-state index in [9.17, 15) is 9.50 Å². The molecule has 0 aliphatic carbocycles. The number of thiophene rings is 1. The Hall–Kier alpha value is -1.43. The average Bonchev–Trinajstić information content (AvgIpc) is 3.10. The molecule has 5 heteroatoms. The number of benzene rings is 1. The van der Waals surface area contributed by atoms with Crippen molar-refractivity contribution < 1.29 is 9.50 Å². The van der Waals surface area contributed by atoms with Crippen molar-refractivity contribution in [2.75, 3.05) is 18.0 Å². The molecule has 0 unspecified atom stereocenters. The Kier molecular flexibility index (Phi) is 5.54. The normalized spacial score (nSPS) is 18.6. The van der Waals surface area contributed by atoms with Gasteiger partial charge in [0.15, 0.2) is 0 Å². The maximum atomic E-state index is 13.9. The minimum absolute atomic E-state index is 0.0413. The summed E-state index contributed by atoms with van der Waals surface area (Å²) in [5, 5.41) is 15.4. The molecule has 0 amide bonds. The van der Waals surface area contributed by atoms with E-state index in [0.29, 0.717) is 0 Å². The standard InChI is InChI=1S/C19H25FN2OS/c1-13(21-14(2)19-4-3-11-24-19)17-12-15(20)5-6-18(17)22-9-7-16(23)8-10-22/h3-6,11-14,16,21,23H,7-10H2,1-2H3/t13-,14-/m0/s1. The highest BCUT2D eigenvalue weighted by atomic mass is 32.1. The number of nitrogens with zero attached hydrogens (tertiary/aromatic N) is 1. The summed E-state index contributed by atoms with van der Waals surface area (Å²) in [5.74, 6) is -0.205. The third-order valence-corrected chi connectivity index (χ3v) is 5.79. The van der Waals surface area contributed by atoms with Crippen LogP contribution >= 0.6 is 11.3 Å². The SMILES string of the molecule is C[C@H](N[C@@H](C)c1cc(F)ccc1N1CCC(O)CC1)c1cccs1. The lowest BCUT2D eigenvalue weighted by Gasteiger charge is -2.34. The van der Waals surface area contributed by atoms with Gasteiger partial charge in [0.2, 0.25) is 0 Å². The molecule has 1 aromatic heterocycles. The lowest BCUT2D eigenvalue weighted by Crippen LogP contribution is -2.37. The highest BCUT2D eigenvalue weighted by molar-refractivity contribution is 7.10. The maximum absolute atomic E-state index is 13.9. The van der Waals surface area contributed by atoms with Crippen LogP contribution in [0.15, 0.2) is 35.7 Å². The van der Waals surface area contributed by atoms with Crippen LogP contribution < -0.4 is 10.2 Å². The van der Waals surface area contributed by atoms with Crippen LogP contribution in [-0.2, 0) is 0 Å². The van der Waals surface area contributed by atoms with Gasteiger partial charge in [-0.2, -0.15) is 0 Å². The molecule has 0 spiro atoms. The molecular formula is C19H25FN2OS. The van der Waals surface area contributed by atoms with Gasteiger partial charge in [0.25, 0.3) is 0 Å². The number of hydrogen-bond acceptors (Lipinski definition) is 4. The van der Waals surface area contributed by atoms with Gasteiger partial charge in [-0.25, -0.2) is 4.39 Å². The molecule has 130 valence electrons. The number of hydrogen-bond donors (Lipinski definition) is 2. The van der Waals surface area contributed by atoms with Gasteiger partial charge in [-0.15, -0.1) is 11.3 Å². The highest BCUT2D eigenvalue weighted by Crippen LogP contribution is 2.31. The van der Waals surface area contributed by atoms with E-state index in [1.54, 1.807) is 17.4 Å². The predicted molar refractivity (Wildman–Crippen MR) is 98.1 cm³/mol. The summed E-state index contributed by atoms with van der Waals surface area (Å²) in [7, 11) is 0. The summed E-state index contributed by atoms with van der Waals surface area (Å²) in [6.45, 7) is 5.85. The highest BCUT2D eigenvalue weighted by Gasteiger charge is 2.22. The Morgan fingerprint density at radius 3 is 2.62 bits per heavy atom. The van der Waals surface area contributed by atoms with Gasteiger partial charge < -0.3 is 15.3 Å². The van der Waals surface area contributed by atoms with Crippen LogP contribution in [0.4, 0.5) is 10.1 Å². The smallest absolute Gasteiger partial charge is 0.123 e. The van der Waals surface area contributed by atoms with E-state index in [-0.39, 0.29) is 24.0 Å². The Bertz CT molecular complexity index is 653. The van der Waals surface area contributed by atoms with Crippen molar-refractivity contribution in [2.24, 2.45) is 0 Å². The van der Waals surface area contributed by atoms with E-state index < -0.39 is 0 Å². The van der Waals surface area contributed by atoms with E-state index in [1.165, 1.54) is 10.9 Å². The zero-order valence-electron chi connectivity index (χ0n) is 14.2. The van der Waals surface area contributed by atoms with Gasteiger partial charge in [-0.3, -0.25) is 0 Å². The summed E-state index contributed by atoms with van der Waals surface area (Å²) in [6.07, 6.45) is 1.33. The van der Waals surface area contributed by atoms with Crippen molar-refractivity contribution >= 4 is 17.0 Å². The van der Waals surface area contributed by atoms with Gasteiger partial charge >= 0.3 is 0 Å². The van der Waals surface area contributed by atoms with Crippen molar-refractivity contribution in [1.82, 2.24) is 5.32 Å². The summed E-state index contributed by atoms with van der Waals surface area (Å²) in [6, 6.07) is 9.47. The Balaban J connectivity index is 1.79. The molecule has 3 rings (SSSR count). The van der Waals surface area contributed by atoms with Gasteiger partial charge in [-0.05, 0) is 61.9 Å². The molecule has 2 heterocycles. The summed E-state index contributed by atoms with van der Waals surface area (Å²) in [4.78, 5) is 3.54. The number of halogens is 1. The molecule has 2 N–H and O–H groups in total. The molecule has 24 heavy (non-hydrogen) atoms. The number of anilines is 1. The van der Waals surface area contributed by atoms with E-state index >= 15 is 0 Å². The Morgan fingerprint density at radius 2 is 1.96 bits per heavy atom. The van der Waals surface area contributed by atoms with E-state index in [1.807, 2.05) is 6.07 Å². The van der Waals surface area contributed by atoms with E-state index in [4.69, 9.17) is 0 Å². The lowest BCUT2D eigenvalue weighted by molar-refractivity contribution is 0.145. The molecule has 3 nitrogen and oxygen atoms in total. The monoisotopic (exact) mass is 348 g/mol. The second-order valence-electron chi connectivity index (χ2n) is 6.55. The first-order chi connectivity index (χ1) is 11.5. The lowest BCUT2D eigenvalue weighted by atomic mass is 10.0. The molecule has 2 aromatic rings. The van der Waals surface area contributed by atoms with Crippen LogP contribution in [-0.4, -0.2) is 24.3 Å². The van der Waals surface area contributed by atoms with Crippen LogP contribution in [0.5, 0.6) is 0 Å². The second-order valence-corrected chi connectivity index (χ2v) is 7.53. The first-order valence-corrected chi connectivity index (χ1v) is 9.44. The molecule has 1 aromatic carbocycles. The molecule has 1 aliphatic rings. The number of rotatable bonds is 5. The van der Waals surface area contributed by atoms with Gasteiger partial charge in [0.05, 0.1) is 6.10 Å². The fraction of sp³-hybridized carbons (Fsp3) is 0.474. The van der Waals surface area contributed by atoms with Crippen molar-refractivity contribution in [1.29, 1.82) is 0 Å². The van der Waals surface area contributed by atoms with Crippen LogP contribution in [0.3, 0.4) is 0 Å². The quantitative estimate of drug-likeness (QED) is 0.847. The zero-order valence-corrected chi connectivity index (χ0v) is 15.0. The minimum Gasteiger partial charge on any atom is -0.393 e. The van der Waals surface area contributed by atoms with E-state index in [0.717, 1.165) is 37.2 Å². The van der Waals surface area contributed by atoms with Gasteiger partial charge in [-0.1, -0.05) is 6.07 Å². The van der Waals surface area contributed by atoms with Crippen LogP contribution in [0.2, 0.25) is 0 Å². The third-order valence-electron chi connectivity index (χ3n) is 4.73. The van der Waals surface area contributed by atoms with Crippen molar-refractivity contribution in [3.05, 3.63) is 52.0 Å². The summed E-state index contributed by atoms with van der Waals surface area (Å²) < 4.78 is 13.9. The average molecular weight is 348 g/mol. The number of aliphatic hydroxyl groups excluding tert-OH is 1. The van der Waals surface area contributed by atoms with Crippen molar-refractivity contribution in [3.8, 4) is 0 Å². The van der Waals surface area contributed by atoms with Gasteiger partial charge in [0, 0.05) is 35.7 Å². The van der Waals surface area contributed by atoms with Crippen molar-refractivity contribution in [2.45, 2.75) is 44.9 Å². The largest absolute Gasteiger partial charge is 0.393 e. The molecule has 1 aliphatic heterocycles. The maximum Gasteiger partial charge on any atom is 0.123 e. The second kappa shape index (κ2) is 7.64. The molecular weight excluding hydrogens is 323 g/mol. The summed E-state index contributed by atoms with van der Waals surface area (Å²) in [5.41, 5.74) is 2.05. The Labute approximate surface area is 147 Å². The van der Waals surface area contributed by atoms with E-state index in [2.05, 4.69) is 41.6 Å². The molecule has 1 saturated heterocycles. The molecule has 0 saturated carbocycles. The topological polar surface area (TPSA) is 35.5 Å². The fourth-order valence-electron chi connectivity index (χ4n) is 3.35. The number of piperidine rings is 1. The summed E-state index contributed by atoms with van der Waals surface area (Å²) >= 11 is 1.73. The van der Waals surface area contributed by atoms with Gasteiger partial charge in [0.1, 0.15) is 5.82 Å². The van der Waals surface area contributed by atoms with Crippen LogP contribution in [0.1, 0.15) is 49.2 Å². The molecule has 0 radical (unpaired) electrons. The third kappa shape index (κ3) is 3.97. The Morgan fingerprint density at radius 1 is 1.21 bits per heavy atom. The van der Waals surface area contributed by atoms with Crippen molar-refractivity contribution in [3.63, 3.8) is 0 Å². The molecule has 0 bridgehead atoms.